The predicted octanol–water partition coefficient (Wildman–Crippen LogP) is 4.09. The first-order chi connectivity index (χ1) is 9.93. The second-order valence-electron chi connectivity index (χ2n) is 3.97. The summed E-state index contributed by atoms with van der Waals surface area (Å²) < 4.78 is 28.1. The van der Waals surface area contributed by atoms with Gasteiger partial charge in [0.05, 0.1) is 22.0 Å². The summed E-state index contributed by atoms with van der Waals surface area (Å²) in [6, 6.07) is 6.73. The third kappa shape index (κ3) is 3.42. The average Bonchev–Trinajstić information content (AvgIpc) is 2.45. The summed E-state index contributed by atoms with van der Waals surface area (Å²) >= 11 is 8.05. The molecule has 0 atom stereocenters. The normalized spacial score (nSPS) is 10.3. The van der Waals surface area contributed by atoms with Crippen LogP contribution in [0.25, 0.3) is 0 Å². The van der Waals surface area contributed by atoms with Crippen LogP contribution in [-0.4, -0.2) is 11.1 Å². The highest BCUT2D eigenvalue weighted by Gasteiger charge is 2.19. The van der Waals surface area contributed by atoms with Crippen LogP contribution in [0.4, 0.5) is 20.2 Å². The summed E-state index contributed by atoms with van der Waals surface area (Å²) in [6.07, 6.45) is 0. The molecule has 0 unspecified atom stereocenters. The van der Waals surface area contributed by atoms with Gasteiger partial charge in [0, 0.05) is 3.57 Å². The molecule has 2 aromatic rings. The Kier molecular flexibility index (Phi) is 4.96. The van der Waals surface area contributed by atoms with Crippen LogP contribution in [0, 0.1) is 15.2 Å². The van der Waals surface area contributed by atoms with E-state index in [1.165, 1.54) is 5.48 Å². The van der Waals surface area contributed by atoms with Crippen molar-refractivity contribution in [1.29, 1.82) is 0 Å². The number of hydroxylamine groups is 1. The van der Waals surface area contributed by atoms with Crippen molar-refractivity contribution in [3.05, 3.63) is 56.1 Å². The van der Waals surface area contributed by atoms with Gasteiger partial charge in [-0.05, 0) is 52.9 Å². The van der Waals surface area contributed by atoms with Crippen molar-refractivity contribution >= 4 is 51.5 Å². The highest BCUT2D eigenvalue weighted by atomic mass is 127. The number of carbonyl (C=O) groups excluding carboxylic acids is 1. The van der Waals surface area contributed by atoms with E-state index in [4.69, 9.17) is 16.8 Å². The predicted molar refractivity (Wildman–Crippen MR) is 83.1 cm³/mol. The van der Waals surface area contributed by atoms with Crippen LogP contribution < -0.4 is 10.8 Å². The van der Waals surface area contributed by atoms with Crippen molar-refractivity contribution < 1.29 is 18.8 Å². The first-order valence-electron chi connectivity index (χ1n) is 5.58. The highest BCUT2D eigenvalue weighted by Crippen LogP contribution is 2.31. The molecule has 0 saturated heterocycles. The van der Waals surface area contributed by atoms with Crippen LogP contribution >= 0.6 is 34.2 Å². The van der Waals surface area contributed by atoms with Crippen molar-refractivity contribution in [3.63, 3.8) is 0 Å². The van der Waals surface area contributed by atoms with Crippen molar-refractivity contribution in [2.24, 2.45) is 0 Å². The molecule has 0 saturated carbocycles. The van der Waals surface area contributed by atoms with Gasteiger partial charge >= 0.3 is 0 Å². The average molecular weight is 425 g/mol. The fraction of sp³-hybridized carbons (Fsp3) is 0. The molecule has 0 aliphatic rings. The Balaban J connectivity index is 2.51. The molecule has 21 heavy (non-hydrogen) atoms. The smallest absolute Gasteiger partial charge is 0.276 e. The topological polar surface area (TPSA) is 61.4 Å². The van der Waals surface area contributed by atoms with Gasteiger partial charge < -0.3 is 5.32 Å². The number of benzene rings is 2. The van der Waals surface area contributed by atoms with E-state index in [0.717, 1.165) is 15.7 Å². The summed E-state index contributed by atoms with van der Waals surface area (Å²) in [5.41, 5.74) is 1.00. The molecule has 0 fully saturated rings. The Morgan fingerprint density at radius 3 is 2.57 bits per heavy atom. The molecule has 2 aromatic carbocycles. The second-order valence-corrected chi connectivity index (χ2v) is 5.63. The monoisotopic (exact) mass is 424 g/mol. The molecule has 0 radical (unpaired) electrons. The minimum atomic E-state index is -1.24. The quantitative estimate of drug-likeness (QED) is 0.395. The highest BCUT2D eigenvalue weighted by molar-refractivity contribution is 14.1. The molecular formula is C13H8ClF2IN2O2. The number of anilines is 2. The summed E-state index contributed by atoms with van der Waals surface area (Å²) in [6.45, 7) is 0. The van der Waals surface area contributed by atoms with E-state index in [1.807, 2.05) is 22.6 Å². The molecule has 0 heterocycles. The van der Waals surface area contributed by atoms with Gasteiger partial charge in [0.2, 0.25) is 0 Å². The van der Waals surface area contributed by atoms with Crippen LogP contribution in [0.2, 0.25) is 5.02 Å². The number of carbonyl (C=O) groups is 1. The molecule has 0 aliphatic heterocycles. The van der Waals surface area contributed by atoms with Gasteiger partial charge in [-0.1, -0.05) is 11.6 Å². The lowest BCUT2D eigenvalue weighted by atomic mass is 10.1. The minimum absolute atomic E-state index is 0.258. The summed E-state index contributed by atoms with van der Waals surface area (Å²) in [7, 11) is 0. The van der Waals surface area contributed by atoms with E-state index in [1.54, 1.807) is 18.2 Å². The third-order valence-corrected chi connectivity index (χ3v) is 3.62. The number of hydrogen-bond acceptors (Lipinski definition) is 3. The van der Waals surface area contributed by atoms with Gasteiger partial charge in [-0.3, -0.25) is 10.0 Å². The lowest BCUT2D eigenvalue weighted by Crippen LogP contribution is -2.20. The maximum Gasteiger partial charge on any atom is 0.276 e. The zero-order chi connectivity index (χ0) is 15.6. The maximum absolute atomic E-state index is 13.9. The van der Waals surface area contributed by atoms with E-state index in [-0.39, 0.29) is 10.6 Å². The SMILES string of the molecule is O=C(NO)c1ccc(F)c(F)c1Nc1ccc(I)cc1Cl. The number of amides is 1. The van der Waals surface area contributed by atoms with Crippen LogP contribution in [0.5, 0.6) is 0 Å². The molecule has 0 bridgehead atoms. The zero-order valence-corrected chi connectivity index (χ0v) is 13.2. The van der Waals surface area contributed by atoms with Crippen LogP contribution in [0.1, 0.15) is 10.4 Å². The fourth-order valence-electron chi connectivity index (χ4n) is 1.65. The van der Waals surface area contributed by atoms with Gasteiger partial charge in [-0.15, -0.1) is 0 Å². The molecule has 0 spiro atoms. The first-order valence-corrected chi connectivity index (χ1v) is 7.04. The Labute approximate surface area is 137 Å². The van der Waals surface area contributed by atoms with E-state index < -0.39 is 23.2 Å². The number of rotatable bonds is 3. The van der Waals surface area contributed by atoms with Gasteiger partial charge in [-0.25, -0.2) is 14.3 Å². The largest absolute Gasteiger partial charge is 0.351 e. The molecule has 3 N–H and O–H groups in total. The Hall–Kier alpha value is -1.45. The van der Waals surface area contributed by atoms with Crippen molar-refractivity contribution in [2.45, 2.75) is 0 Å². The Bertz CT molecular complexity index is 713. The maximum atomic E-state index is 13.9. The molecule has 0 aliphatic carbocycles. The number of halogens is 4. The molecule has 4 nitrogen and oxygen atoms in total. The van der Waals surface area contributed by atoms with E-state index in [0.29, 0.717) is 5.69 Å². The Morgan fingerprint density at radius 2 is 1.95 bits per heavy atom. The van der Waals surface area contributed by atoms with Crippen LogP contribution in [-0.2, 0) is 0 Å². The molecule has 2 rings (SSSR count). The Morgan fingerprint density at radius 1 is 1.24 bits per heavy atom. The summed E-state index contributed by atoms with van der Waals surface area (Å²) in [5.74, 6) is -3.35. The minimum Gasteiger partial charge on any atom is -0.351 e. The molecular weight excluding hydrogens is 417 g/mol. The third-order valence-electron chi connectivity index (χ3n) is 2.63. The van der Waals surface area contributed by atoms with Crippen molar-refractivity contribution in [2.75, 3.05) is 5.32 Å². The lowest BCUT2D eigenvalue weighted by molar-refractivity contribution is 0.0707. The second kappa shape index (κ2) is 6.54. The van der Waals surface area contributed by atoms with Gasteiger partial charge in [0.1, 0.15) is 0 Å². The standard InChI is InChI=1S/C13H8ClF2IN2O2/c14-8-5-6(17)1-4-10(8)18-12-7(13(20)19-21)2-3-9(15)11(12)16/h1-5,18,21H,(H,19,20). The molecule has 110 valence electrons. The van der Waals surface area contributed by atoms with E-state index in [9.17, 15) is 13.6 Å². The molecule has 1 amide bonds. The summed E-state index contributed by atoms with van der Waals surface area (Å²) in [4.78, 5) is 11.5. The summed E-state index contributed by atoms with van der Waals surface area (Å²) in [5, 5.41) is 11.5. The van der Waals surface area contributed by atoms with Crippen molar-refractivity contribution in [3.8, 4) is 0 Å². The number of hydrogen-bond donors (Lipinski definition) is 3. The van der Waals surface area contributed by atoms with E-state index in [2.05, 4.69) is 5.32 Å². The van der Waals surface area contributed by atoms with E-state index >= 15 is 0 Å². The van der Waals surface area contributed by atoms with Gasteiger partial charge in [0.15, 0.2) is 11.6 Å². The number of nitrogens with one attached hydrogen (secondary N) is 2. The molecule has 8 heteroatoms. The van der Waals surface area contributed by atoms with Gasteiger partial charge in [0.25, 0.3) is 5.91 Å². The molecule has 0 aromatic heterocycles. The lowest BCUT2D eigenvalue weighted by Gasteiger charge is -2.13. The van der Waals surface area contributed by atoms with Crippen LogP contribution in [0.3, 0.4) is 0 Å². The van der Waals surface area contributed by atoms with Crippen LogP contribution in [0.15, 0.2) is 30.3 Å². The fourth-order valence-corrected chi connectivity index (χ4v) is 2.55. The van der Waals surface area contributed by atoms with Crippen molar-refractivity contribution in [1.82, 2.24) is 5.48 Å². The zero-order valence-electron chi connectivity index (χ0n) is 10.3. The first kappa shape index (κ1) is 15.9. The van der Waals surface area contributed by atoms with Gasteiger partial charge in [-0.2, -0.15) is 0 Å².